The van der Waals surface area contributed by atoms with E-state index in [1.54, 1.807) is 17.0 Å². The molecule has 1 heterocycles. The van der Waals surface area contributed by atoms with Gasteiger partial charge in [0.2, 0.25) is 0 Å². The Morgan fingerprint density at radius 2 is 1.78 bits per heavy atom. The summed E-state index contributed by atoms with van der Waals surface area (Å²) in [7, 11) is 0. The van der Waals surface area contributed by atoms with Crippen LogP contribution in [0.4, 0.5) is 0 Å². The van der Waals surface area contributed by atoms with Gasteiger partial charge in [0.15, 0.2) is 0 Å². The van der Waals surface area contributed by atoms with Gasteiger partial charge in [0.1, 0.15) is 18.4 Å². The predicted octanol–water partition coefficient (Wildman–Crippen LogP) is 3.59. The molecule has 3 unspecified atom stereocenters. The van der Waals surface area contributed by atoms with E-state index in [1.165, 1.54) is 0 Å². The van der Waals surface area contributed by atoms with Crippen LogP contribution in [0.25, 0.3) is 0 Å². The van der Waals surface area contributed by atoms with Crippen molar-refractivity contribution in [3.63, 3.8) is 0 Å². The van der Waals surface area contributed by atoms with Crippen LogP contribution in [0.1, 0.15) is 35.2 Å². The monoisotopic (exact) mass is 365 g/mol. The number of hydrogen-bond acceptors (Lipinski definition) is 3. The number of nitrogens with zero attached hydrogens (tertiary/aromatic N) is 1. The van der Waals surface area contributed by atoms with Gasteiger partial charge in [-0.25, -0.2) is 4.79 Å². The third kappa shape index (κ3) is 3.54. The van der Waals surface area contributed by atoms with Gasteiger partial charge in [0.05, 0.1) is 0 Å². The fraction of sp³-hybridized carbons (Fsp3) is 0.364. The number of hydrogen-bond donors (Lipinski definition) is 1. The largest absolute Gasteiger partial charge is 0.489 e. The molecule has 1 aliphatic carbocycles. The molecule has 1 aliphatic heterocycles. The standard InChI is InChI=1S/C22H23NO4/c24-21(23-13-17-5-4-8-19(17)20(23)22(25)26)16-11-9-15(10-12-16)14-27-18-6-2-1-3-7-18/h1-3,6-7,9-12,17,19-20H,4-5,8,13-14H2,(H,25,26). The van der Waals surface area contributed by atoms with E-state index in [0.29, 0.717) is 24.6 Å². The molecule has 2 aromatic rings. The molecule has 0 aromatic heterocycles. The maximum atomic E-state index is 12.9. The number of amides is 1. The van der Waals surface area contributed by atoms with E-state index < -0.39 is 12.0 Å². The Morgan fingerprint density at radius 3 is 2.48 bits per heavy atom. The maximum Gasteiger partial charge on any atom is 0.326 e. The number of carbonyl (C=O) groups is 2. The van der Waals surface area contributed by atoms with Crippen molar-refractivity contribution < 1.29 is 19.4 Å². The number of carbonyl (C=O) groups excluding carboxylic acids is 1. The van der Waals surface area contributed by atoms with Crippen LogP contribution >= 0.6 is 0 Å². The van der Waals surface area contributed by atoms with Crippen LogP contribution in [-0.2, 0) is 11.4 Å². The molecule has 0 bridgehead atoms. The normalized spacial score (nSPS) is 23.9. The van der Waals surface area contributed by atoms with Gasteiger partial charge >= 0.3 is 5.97 Å². The quantitative estimate of drug-likeness (QED) is 0.879. The summed E-state index contributed by atoms with van der Waals surface area (Å²) >= 11 is 0. The molecule has 1 N–H and O–H groups in total. The van der Waals surface area contributed by atoms with E-state index in [4.69, 9.17) is 4.74 Å². The topological polar surface area (TPSA) is 66.8 Å². The molecular weight excluding hydrogens is 342 g/mol. The molecule has 0 radical (unpaired) electrons. The smallest absolute Gasteiger partial charge is 0.326 e. The van der Waals surface area contributed by atoms with Gasteiger partial charge in [-0.15, -0.1) is 0 Å². The number of fused-ring (bicyclic) bond motifs is 1. The van der Waals surface area contributed by atoms with Gasteiger partial charge in [0.25, 0.3) is 5.91 Å². The number of para-hydroxylation sites is 1. The van der Waals surface area contributed by atoms with Crippen LogP contribution in [0.3, 0.4) is 0 Å². The lowest BCUT2D eigenvalue weighted by atomic mass is 9.94. The highest BCUT2D eigenvalue weighted by atomic mass is 16.5. The van der Waals surface area contributed by atoms with Crippen molar-refractivity contribution in [3.8, 4) is 5.75 Å². The SMILES string of the molecule is O=C(O)C1C2CCCC2CN1C(=O)c1ccc(COc2ccccc2)cc1. The summed E-state index contributed by atoms with van der Waals surface area (Å²) in [6.45, 7) is 0.976. The number of carboxylic acid groups (broad SMARTS) is 1. The molecule has 2 fully saturated rings. The summed E-state index contributed by atoms with van der Waals surface area (Å²) in [6.07, 6.45) is 2.99. The lowest BCUT2D eigenvalue weighted by Crippen LogP contribution is -2.43. The molecule has 5 heteroatoms. The Bertz CT molecular complexity index is 818. The van der Waals surface area contributed by atoms with Crippen molar-refractivity contribution in [2.24, 2.45) is 11.8 Å². The number of aliphatic carboxylic acids is 1. The fourth-order valence-electron chi connectivity index (χ4n) is 4.42. The van der Waals surface area contributed by atoms with Crippen molar-refractivity contribution in [2.75, 3.05) is 6.54 Å². The van der Waals surface area contributed by atoms with E-state index >= 15 is 0 Å². The molecular formula is C22H23NO4. The Hall–Kier alpha value is -2.82. The molecule has 0 spiro atoms. The van der Waals surface area contributed by atoms with Crippen molar-refractivity contribution in [1.29, 1.82) is 0 Å². The Balaban J connectivity index is 1.44. The van der Waals surface area contributed by atoms with Crippen molar-refractivity contribution in [2.45, 2.75) is 31.9 Å². The number of ether oxygens (including phenoxy) is 1. The zero-order valence-corrected chi connectivity index (χ0v) is 15.1. The number of benzene rings is 2. The highest BCUT2D eigenvalue weighted by Gasteiger charge is 2.49. The molecule has 1 saturated heterocycles. The molecule has 5 nitrogen and oxygen atoms in total. The average molecular weight is 365 g/mol. The summed E-state index contributed by atoms with van der Waals surface area (Å²) < 4.78 is 5.72. The summed E-state index contributed by atoms with van der Waals surface area (Å²) in [5, 5.41) is 9.64. The number of likely N-dealkylation sites (tertiary alicyclic amines) is 1. The Kier molecular flexibility index (Phi) is 4.84. The predicted molar refractivity (Wildman–Crippen MR) is 101 cm³/mol. The van der Waals surface area contributed by atoms with E-state index in [9.17, 15) is 14.7 Å². The van der Waals surface area contributed by atoms with Crippen LogP contribution < -0.4 is 4.74 Å². The van der Waals surface area contributed by atoms with Crippen LogP contribution in [-0.4, -0.2) is 34.5 Å². The third-order valence-corrected chi connectivity index (χ3v) is 5.75. The summed E-state index contributed by atoms with van der Waals surface area (Å²) in [5.41, 5.74) is 1.49. The second kappa shape index (κ2) is 7.43. The highest BCUT2D eigenvalue weighted by molar-refractivity contribution is 5.97. The van der Waals surface area contributed by atoms with Crippen LogP contribution in [0.2, 0.25) is 0 Å². The molecule has 1 amide bonds. The molecule has 2 aliphatic rings. The zero-order valence-electron chi connectivity index (χ0n) is 15.1. The summed E-state index contributed by atoms with van der Waals surface area (Å²) in [4.78, 5) is 26.2. The van der Waals surface area contributed by atoms with Gasteiger partial charge in [-0.3, -0.25) is 4.79 Å². The van der Waals surface area contributed by atoms with Crippen LogP contribution in [0.15, 0.2) is 54.6 Å². The third-order valence-electron chi connectivity index (χ3n) is 5.75. The zero-order chi connectivity index (χ0) is 18.8. The lowest BCUT2D eigenvalue weighted by molar-refractivity contribution is -0.142. The summed E-state index contributed by atoms with van der Waals surface area (Å²) in [6, 6.07) is 16.1. The van der Waals surface area contributed by atoms with Gasteiger partial charge in [-0.2, -0.15) is 0 Å². The first-order chi connectivity index (χ1) is 13.1. The second-order valence-electron chi connectivity index (χ2n) is 7.39. The fourth-order valence-corrected chi connectivity index (χ4v) is 4.42. The van der Waals surface area contributed by atoms with Gasteiger partial charge in [-0.05, 0) is 54.5 Å². The molecule has 2 aromatic carbocycles. The minimum atomic E-state index is -0.884. The molecule has 4 rings (SSSR count). The van der Waals surface area contributed by atoms with E-state index in [-0.39, 0.29) is 11.8 Å². The van der Waals surface area contributed by atoms with Crippen molar-refractivity contribution in [1.82, 2.24) is 4.90 Å². The molecule has 3 atom stereocenters. The maximum absolute atomic E-state index is 12.9. The summed E-state index contributed by atoms with van der Waals surface area (Å²) in [5.74, 6) is 0.155. The van der Waals surface area contributed by atoms with E-state index in [1.807, 2.05) is 42.5 Å². The molecule has 140 valence electrons. The lowest BCUT2D eigenvalue weighted by Gasteiger charge is -2.24. The van der Waals surface area contributed by atoms with E-state index in [2.05, 4.69) is 0 Å². The minimum absolute atomic E-state index is 0.102. The average Bonchev–Trinajstić information content (AvgIpc) is 3.28. The first-order valence-corrected chi connectivity index (χ1v) is 9.44. The van der Waals surface area contributed by atoms with Gasteiger partial charge < -0.3 is 14.7 Å². The first kappa shape index (κ1) is 17.6. The van der Waals surface area contributed by atoms with Crippen molar-refractivity contribution in [3.05, 3.63) is 65.7 Å². The highest BCUT2D eigenvalue weighted by Crippen LogP contribution is 2.42. The number of carboxylic acids is 1. The second-order valence-corrected chi connectivity index (χ2v) is 7.39. The number of rotatable bonds is 5. The van der Waals surface area contributed by atoms with Crippen LogP contribution in [0.5, 0.6) is 5.75 Å². The molecule has 1 saturated carbocycles. The van der Waals surface area contributed by atoms with Gasteiger partial charge in [-0.1, -0.05) is 36.8 Å². The Morgan fingerprint density at radius 1 is 1.04 bits per heavy atom. The van der Waals surface area contributed by atoms with Crippen LogP contribution in [0, 0.1) is 11.8 Å². The van der Waals surface area contributed by atoms with Crippen molar-refractivity contribution >= 4 is 11.9 Å². The first-order valence-electron chi connectivity index (χ1n) is 9.44. The Labute approximate surface area is 158 Å². The minimum Gasteiger partial charge on any atom is -0.489 e. The van der Waals surface area contributed by atoms with E-state index in [0.717, 1.165) is 30.6 Å². The molecule has 27 heavy (non-hydrogen) atoms. The van der Waals surface area contributed by atoms with Gasteiger partial charge in [0, 0.05) is 12.1 Å².